The zero-order chi connectivity index (χ0) is 20.2. The van der Waals surface area contributed by atoms with Crippen molar-refractivity contribution >= 4 is 44.2 Å². The Morgan fingerprint density at radius 3 is 2.24 bits per heavy atom. The molecule has 0 aliphatic heterocycles. The normalized spacial score (nSPS) is 11.4. The van der Waals surface area contributed by atoms with E-state index in [9.17, 15) is 9.59 Å². The smallest absolute Gasteiger partial charge is 0.312 e. The molecule has 0 saturated carbocycles. The van der Waals surface area contributed by atoms with Crippen LogP contribution in [0, 0.1) is 0 Å². The first-order chi connectivity index (χ1) is 14.1. The summed E-state index contributed by atoms with van der Waals surface area (Å²) in [7, 11) is 0. The molecule has 3 aromatic carbocycles. The lowest BCUT2D eigenvalue weighted by molar-refractivity contribution is -0.116. The predicted molar refractivity (Wildman–Crippen MR) is 117 cm³/mol. The van der Waals surface area contributed by atoms with Gasteiger partial charge in [0.25, 0.3) is 5.78 Å². The van der Waals surface area contributed by atoms with Crippen molar-refractivity contribution in [2.75, 3.05) is 0 Å². The van der Waals surface area contributed by atoms with Crippen LogP contribution in [0.3, 0.4) is 0 Å². The van der Waals surface area contributed by atoms with Crippen molar-refractivity contribution < 1.29 is 9.59 Å². The number of amides is 1. The van der Waals surface area contributed by atoms with Crippen LogP contribution in [0.15, 0.2) is 94.6 Å². The molecule has 0 aliphatic carbocycles. The maximum absolute atomic E-state index is 12.6. The summed E-state index contributed by atoms with van der Waals surface area (Å²) in [6.07, 6.45) is 1.54. The first-order valence-corrected chi connectivity index (χ1v) is 9.72. The topological polar surface area (TPSA) is 74.3 Å². The molecule has 5 nitrogen and oxygen atoms in total. The van der Waals surface area contributed by atoms with Gasteiger partial charge in [-0.05, 0) is 18.2 Å². The molecule has 6 heteroatoms. The Kier molecular flexibility index (Phi) is 5.35. The van der Waals surface area contributed by atoms with Crippen molar-refractivity contribution in [1.29, 1.82) is 0 Å². The van der Waals surface area contributed by atoms with Crippen LogP contribution in [0.2, 0.25) is 0 Å². The van der Waals surface area contributed by atoms with E-state index in [1.807, 2.05) is 72.8 Å². The molecule has 0 fully saturated rings. The van der Waals surface area contributed by atoms with Crippen molar-refractivity contribution in [3.8, 4) is 0 Å². The van der Waals surface area contributed by atoms with Crippen molar-refractivity contribution in [2.45, 2.75) is 0 Å². The van der Waals surface area contributed by atoms with Gasteiger partial charge in [-0.25, -0.2) is 5.43 Å². The minimum absolute atomic E-state index is 0.318. The first kappa shape index (κ1) is 18.8. The molecule has 0 aliphatic rings. The number of nitrogens with one attached hydrogen (secondary N) is 2. The summed E-state index contributed by atoms with van der Waals surface area (Å²) in [5, 5.41) is 4.98. The number of aromatic nitrogens is 1. The second-order valence-electron chi connectivity index (χ2n) is 6.35. The number of nitrogens with zero attached hydrogens (tertiary/aromatic N) is 1. The van der Waals surface area contributed by atoms with Gasteiger partial charge in [-0.1, -0.05) is 76.6 Å². The summed E-state index contributed by atoms with van der Waals surface area (Å²) in [6.45, 7) is 0. The second kappa shape index (κ2) is 8.24. The summed E-state index contributed by atoms with van der Waals surface area (Å²) in [4.78, 5) is 28.2. The van der Waals surface area contributed by atoms with E-state index in [1.54, 1.807) is 12.3 Å². The number of aromatic amines is 1. The summed E-state index contributed by atoms with van der Waals surface area (Å²) in [5.74, 6) is -1.44. The van der Waals surface area contributed by atoms with Crippen LogP contribution < -0.4 is 5.43 Å². The zero-order valence-electron chi connectivity index (χ0n) is 15.2. The molecule has 2 N–H and O–H groups in total. The maximum Gasteiger partial charge on any atom is 0.312 e. The number of fused-ring (bicyclic) bond motifs is 1. The molecule has 0 atom stereocenters. The quantitative estimate of drug-likeness (QED) is 0.202. The molecule has 1 amide bonds. The molecular formula is C23H16BrN3O2. The van der Waals surface area contributed by atoms with Crippen molar-refractivity contribution in [2.24, 2.45) is 5.10 Å². The molecule has 1 heterocycles. The number of halogens is 1. The van der Waals surface area contributed by atoms with E-state index >= 15 is 0 Å². The molecule has 0 radical (unpaired) electrons. The standard InChI is InChI=1S/C23H16BrN3O2/c24-17-12-10-16(11-13-17)21(15-6-2-1-3-7-15)26-27-23(29)22(28)19-14-25-20-9-5-4-8-18(19)20/h1-14,25H,(H,27,29). The number of carbonyl (C=O) groups is 2. The first-order valence-electron chi connectivity index (χ1n) is 8.93. The lowest BCUT2D eigenvalue weighted by Gasteiger charge is -2.08. The average molecular weight is 446 g/mol. The highest BCUT2D eigenvalue weighted by molar-refractivity contribution is 9.10. The summed E-state index contributed by atoms with van der Waals surface area (Å²) < 4.78 is 0.937. The number of para-hydroxylation sites is 1. The van der Waals surface area contributed by atoms with Crippen LogP contribution in [0.1, 0.15) is 21.5 Å². The van der Waals surface area contributed by atoms with Crippen molar-refractivity contribution in [3.63, 3.8) is 0 Å². The average Bonchev–Trinajstić information content (AvgIpc) is 3.19. The van der Waals surface area contributed by atoms with Gasteiger partial charge in [-0.15, -0.1) is 0 Å². The molecule has 0 bridgehead atoms. The molecule has 0 spiro atoms. The van der Waals surface area contributed by atoms with Gasteiger partial charge >= 0.3 is 5.91 Å². The number of benzene rings is 3. The number of carbonyl (C=O) groups excluding carboxylic acids is 2. The van der Waals surface area contributed by atoms with Gasteiger partial charge in [-0.3, -0.25) is 9.59 Å². The van der Waals surface area contributed by atoms with Gasteiger partial charge in [-0.2, -0.15) is 5.10 Å². The van der Waals surface area contributed by atoms with E-state index in [2.05, 4.69) is 31.4 Å². The van der Waals surface area contributed by atoms with Gasteiger partial charge in [0.15, 0.2) is 0 Å². The van der Waals surface area contributed by atoms with E-state index in [4.69, 9.17) is 0 Å². The van der Waals surface area contributed by atoms with Gasteiger partial charge < -0.3 is 4.98 Å². The van der Waals surface area contributed by atoms with E-state index in [1.165, 1.54) is 0 Å². The SMILES string of the molecule is O=C(NN=C(c1ccccc1)c1ccc(Br)cc1)C(=O)c1c[nH]c2ccccc12. The molecule has 142 valence electrons. The highest BCUT2D eigenvalue weighted by Gasteiger charge is 2.20. The van der Waals surface area contributed by atoms with E-state index in [0.717, 1.165) is 21.1 Å². The number of hydrazone groups is 1. The van der Waals surface area contributed by atoms with Crippen LogP contribution in [0.5, 0.6) is 0 Å². The highest BCUT2D eigenvalue weighted by atomic mass is 79.9. The van der Waals surface area contributed by atoms with Gasteiger partial charge in [0.2, 0.25) is 0 Å². The van der Waals surface area contributed by atoms with Gasteiger partial charge in [0.05, 0.1) is 11.3 Å². The van der Waals surface area contributed by atoms with Crippen molar-refractivity contribution in [3.05, 3.63) is 106 Å². The fourth-order valence-electron chi connectivity index (χ4n) is 3.04. The molecule has 4 aromatic rings. The molecular weight excluding hydrogens is 430 g/mol. The van der Waals surface area contributed by atoms with Crippen LogP contribution in [-0.4, -0.2) is 22.4 Å². The molecule has 0 unspecified atom stereocenters. The lowest BCUT2D eigenvalue weighted by atomic mass is 10.0. The number of ketones is 1. The number of hydrogen-bond donors (Lipinski definition) is 2. The predicted octanol–water partition coefficient (Wildman–Crippen LogP) is 4.68. The summed E-state index contributed by atoms with van der Waals surface area (Å²) in [5.41, 5.74) is 5.75. The largest absolute Gasteiger partial charge is 0.360 e. The monoisotopic (exact) mass is 445 g/mol. The number of hydrogen-bond acceptors (Lipinski definition) is 3. The van der Waals surface area contributed by atoms with Crippen LogP contribution in [0.4, 0.5) is 0 Å². The second-order valence-corrected chi connectivity index (χ2v) is 7.27. The fourth-order valence-corrected chi connectivity index (χ4v) is 3.30. The number of rotatable bonds is 5. The lowest BCUT2D eigenvalue weighted by Crippen LogP contribution is -2.28. The van der Waals surface area contributed by atoms with Gasteiger partial charge in [0, 0.05) is 32.7 Å². The van der Waals surface area contributed by atoms with E-state index in [-0.39, 0.29) is 0 Å². The third kappa shape index (κ3) is 4.02. The fraction of sp³-hybridized carbons (Fsp3) is 0. The van der Waals surface area contributed by atoms with Gasteiger partial charge in [0.1, 0.15) is 0 Å². The third-order valence-electron chi connectivity index (χ3n) is 4.47. The minimum Gasteiger partial charge on any atom is -0.360 e. The van der Waals surface area contributed by atoms with Crippen LogP contribution in [0.25, 0.3) is 10.9 Å². The number of Topliss-reactive ketones (excluding diaryl/α,β-unsaturated/α-hetero) is 1. The molecule has 4 rings (SSSR count). The Balaban J connectivity index is 1.64. The summed E-state index contributed by atoms with van der Waals surface area (Å²) in [6, 6.07) is 24.4. The Morgan fingerprint density at radius 1 is 0.828 bits per heavy atom. The zero-order valence-corrected chi connectivity index (χ0v) is 16.8. The Hall–Kier alpha value is -3.51. The van der Waals surface area contributed by atoms with E-state index < -0.39 is 11.7 Å². The van der Waals surface area contributed by atoms with Crippen molar-refractivity contribution in [1.82, 2.24) is 10.4 Å². The highest BCUT2D eigenvalue weighted by Crippen LogP contribution is 2.18. The van der Waals surface area contributed by atoms with Crippen LogP contribution in [-0.2, 0) is 4.79 Å². The van der Waals surface area contributed by atoms with Crippen LogP contribution >= 0.6 is 15.9 Å². The molecule has 29 heavy (non-hydrogen) atoms. The molecule has 0 saturated heterocycles. The van der Waals surface area contributed by atoms with E-state index in [0.29, 0.717) is 16.7 Å². The third-order valence-corrected chi connectivity index (χ3v) is 5.00. The number of H-pyrrole nitrogens is 1. The Morgan fingerprint density at radius 2 is 1.48 bits per heavy atom. The minimum atomic E-state index is -0.791. The Bertz CT molecular complexity index is 1210. The Labute approximate surface area is 175 Å². The maximum atomic E-state index is 12.6. The molecule has 1 aromatic heterocycles. The summed E-state index contributed by atoms with van der Waals surface area (Å²) >= 11 is 3.42.